The Morgan fingerprint density at radius 2 is 0.794 bits per heavy atom. The number of aromatic nitrogens is 3. The van der Waals surface area contributed by atoms with Gasteiger partial charge in [0.2, 0.25) is 5.69 Å². The summed E-state index contributed by atoms with van der Waals surface area (Å²) in [4.78, 5) is 4.35. The second kappa shape index (κ2) is 12.7. The molecule has 290 valence electrons. The smallest absolute Gasteiger partial charge is 0.214 e. The van der Waals surface area contributed by atoms with E-state index in [2.05, 4.69) is 194 Å². The van der Waals surface area contributed by atoms with Gasteiger partial charge in [0.15, 0.2) is 0 Å². The zero-order valence-electron chi connectivity index (χ0n) is 33.3. The van der Waals surface area contributed by atoms with Gasteiger partial charge in [-0.15, -0.1) is 22.7 Å². The third-order valence-corrected chi connectivity index (χ3v) is 15.5. The van der Waals surface area contributed by atoms with Crippen molar-refractivity contribution in [2.75, 3.05) is 0 Å². The maximum Gasteiger partial charge on any atom is 0.214 e. The van der Waals surface area contributed by atoms with E-state index in [4.69, 9.17) is 6.57 Å². The summed E-state index contributed by atoms with van der Waals surface area (Å²) in [5, 5.41) is 23.1. The van der Waals surface area contributed by atoms with E-state index < -0.39 is 0 Å². The Balaban J connectivity index is 1.25. The van der Waals surface area contributed by atoms with Crippen LogP contribution < -0.4 is 0 Å². The van der Waals surface area contributed by atoms with Crippen molar-refractivity contribution >= 4 is 134 Å². The normalized spacial score (nSPS) is 12.1. The zero-order valence-corrected chi connectivity index (χ0v) is 34.9. The van der Waals surface area contributed by atoms with Crippen molar-refractivity contribution in [2.45, 2.75) is 0 Å². The van der Waals surface area contributed by atoms with Gasteiger partial charge in [0.25, 0.3) is 0 Å². The number of fused-ring (bicyclic) bond motifs is 17. The van der Waals surface area contributed by atoms with Gasteiger partial charge in [-0.25, -0.2) is 4.85 Å². The van der Waals surface area contributed by atoms with E-state index in [0.717, 1.165) is 82.5 Å². The van der Waals surface area contributed by atoms with Crippen LogP contribution in [-0.2, 0) is 0 Å². The fourth-order valence-electron chi connectivity index (χ4n) is 10.6. The summed E-state index contributed by atoms with van der Waals surface area (Å²) in [6.07, 6.45) is 0. The number of hydrogen-bond acceptors (Lipinski definition) is 3. The molecule has 0 bridgehead atoms. The molecule has 5 nitrogen and oxygen atoms in total. The highest BCUT2D eigenvalue weighted by atomic mass is 32.1. The molecule has 0 radical (unpaired) electrons. The van der Waals surface area contributed by atoms with Gasteiger partial charge < -0.3 is 13.7 Å². The molecule has 0 aliphatic rings. The number of thiophene rings is 2. The zero-order chi connectivity index (χ0) is 41.5. The van der Waals surface area contributed by atoms with Crippen molar-refractivity contribution in [1.29, 1.82) is 5.26 Å². The number of nitriles is 1. The predicted octanol–water partition coefficient (Wildman–Crippen LogP) is 16.1. The van der Waals surface area contributed by atoms with Crippen molar-refractivity contribution < 1.29 is 0 Å². The molecule has 0 fully saturated rings. The van der Waals surface area contributed by atoms with E-state index >= 15 is 0 Å². The van der Waals surface area contributed by atoms with Gasteiger partial charge in [-0.05, 0) is 54.6 Å². The van der Waals surface area contributed by atoms with Gasteiger partial charge in [-0.2, -0.15) is 5.26 Å². The molecule has 14 rings (SSSR count). The third-order valence-electron chi connectivity index (χ3n) is 13.1. The number of hydrogen-bond donors (Lipinski definition) is 0. The summed E-state index contributed by atoms with van der Waals surface area (Å²) in [5.74, 6) is 0. The predicted molar refractivity (Wildman–Crippen MR) is 266 cm³/mol. The molecule has 0 spiro atoms. The van der Waals surface area contributed by atoms with Gasteiger partial charge in [-0.1, -0.05) is 121 Å². The van der Waals surface area contributed by atoms with Gasteiger partial charge in [-0.3, -0.25) is 0 Å². The molecule has 7 heteroatoms. The second-order valence-electron chi connectivity index (χ2n) is 16.2. The van der Waals surface area contributed by atoms with Crippen molar-refractivity contribution in [3.05, 3.63) is 193 Å². The fourth-order valence-corrected chi connectivity index (χ4v) is 13.1. The van der Waals surface area contributed by atoms with Crippen molar-refractivity contribution in [3.63, 3.8) is 0 Å². The molecule has 14 aromatic rings. The minimum atomic E-state index is 0.402. The van der Waals surface area contributed by atoms with E-state index in [9.17, 15) is 5.26 Å². The Hall–Kier alpha value is -8.20. The summed E-state index contributed by atoms with van der Waals surface area (Å²) in [6.45, 7) is 8.97. The van der Waals surface area contributed by atoms with Crippen LogP contribution >= 0.6 is 22.7 Å². The standard InChI is InChI=1S/C56H29N5S2/c1-58-41-30-32(31-57)52(60-44-22-10-4-18-39(44)50-46(60)28-26-37-35-16-6-12-24-48(35)62-55(37)50)54(59-42-20-8-2-14-33(42)34-15-3-9-21-43(34)59)53(41)61-45-23-11-5-19-40(45)51-47(61)29-27-38-36-17-7-13-25-49(36)63-56(38)51/h2-30H. The first-order valence-corrected chi connectivity index (χ1v) is 22.5. The van der Waals surface area contributed by atoms with Crippen LogP contribution in [0.25, 0.3) is 128 Å². The van der Waals surface area contributed by atoms with Gasteiger partial charge in [0.05, 0.1) is 62.3 Å². The van der Waals surface area contributed by atoms with Gasteiger partial charge in [0.1, 0.15) is 6.07 Å². The van der Waals surface area contributed by atoms with Crippen LogP contribution in [0.4, 0.5) is 5.69 Å². The largest absolute Gasteiger partial charge is 0.317 e. The monoisotopic (exact) mass is 835 g/mol. The van der Waals surface area contributed by atoms with Crippen LogP contribution in [0, 0.1) is 17.9 Å². The van der Waals surface area contributed by atoms with E-state index in [1.807, 2.05) is 28.7 Å². The first-order chi connectivity index (χ1) is 31.2. The van der Waals surface area contributed by atoms with E-state index in [1.165, 1.54) is 40.3 Å². The maximum atomic E-state index is 11.5. The SMILES string of the molecule is [C-]#[N+]c1cc(C#N)c(-n2c3ccccc3c3c4sc5ccccc5c4ccc32)c(-n2c3ccccc3c3ccccc32)c1-n1c2ccccc2c2c3sc4ccccc4c3ccc21. The summed E-state index contributed by atoms with van der Waals surface area (Å²) in [6, 6.07) is 64.9. The fraction of sp³-hybridized carbons (Fsp3) is 0. The molecule has 0 unspecified atom stereocenters. The van der Waals surface area contributed by atoms with Crippen LogP contribution in [0.5, 0.6) is 0 Å². The molecule has 0 N–H and O–H groups in total. The molecular formula is C56H29N5S2. The molecule has 5 aromatic heterocycles. The van der Waals surface area contributed by atoms with Crippen LogP contribution in [0.1, 0.15) is 5.56 Å². The van der Waals surface area contributed by atoms with Crippen molar-refractivity contribution in [1.82, 2.24) is 13.7 Å². The molecule has 0 amide bonds. The molecule has 0 saturated heterocycles. The summed E-state index contributed by atoms with van der Waals surface area (Å²) in [7, 11) is 0. The Morgan fingerprint density at radius 3 is 1.27 bits per heavy atom. The number of para-hydroxylation sites is 4. The lowest BCUT2D eigenvalue weighted by atomic mass is 10.1. The Kier molecular flexibility index (Phi) is 6.94. The average Bonchev–Trinajstić information content (AvgIpc) is 4.14. The Morgan fingerprint density at radius 1 is 0.397 bits per heavy atom. The topological polar surface area (TPSA) is 42.9 Å². The first-order valence-electron chi connectivity index (χ1n) is 20.9. The van der Waals surface area contributed by atoms with Crippen molar-refractivity contribution in [2.24, 2.45) is 0 Å². The number of nitrogens with zero attached hydrogens (tertiary/aromatic N) is 5. The molecular weight excluding hydrogens is 807 g/mol. The second-order valence-corrected chi connectivity index (χ2v) is 18.3. The lowest BCUT2D eigenvalue weighted by Gasteiger charge is -2.24. The maximum absolute atomic E-state index is 11.5. The van der Waals surface area contributed by atoms with Gasteiger partial charge in [0, 0.05) is 72.7 Å². The minimum Gasteiger partial charge on any atom is -0.317 e. The molecule has 0 aliphatic heterocycles. The quantitative estimate of drug-likeness (QED) is 0.164. The molecule has 5 heterocycles. The highest BCUT2D eigenvalue weighted by Gasteiger charge is 2.30. The highest BCUT2D eigenvalue weighted by Crippen LogP contribution is 2.50. The molecule has 0 saturated carbocycles. The highest BCUT2D eigenvalue weighted by molar-refractivity contribution is 7.27. The van der Waals surface area contributed by atoms with E-state index in [1.54, 1.807) is 0 Å². The lowest BCUT2D eigenvalue weighted by molar-refractivity contribution is 1.05. The van der Waals surface area contributed by atoms with Crippen LogP contribution in [0.15, 0.2) is 176 Å². The van der Waals surface area contributed by atoms with Gasteiger partial charge >= 0.3 is 0 Å². The molecule has 0 atom stereocenters. The van der Waals surface area contributed by atoms with E-state index in [0.29, 0.717) is 11.3 Å². The average molecular weight is 836 g/mol. The first kappa shape index (κ1) is 34.5. The summed E-state index contributed by atoms with van der Waals surface area (Å²) in [5.41, 5.74) is 9.04. The number of benzene rings is 9. The molecule has 9 aromatic carbocycles. The number of rotatable bonds is 3. The van der Waals surface area contributed by atoms with Crippen LogP contribution in [-0.4, -0.2) is 13.7 Å². The third kappa shape index (κ3) is 4.47. The van der Waals surface area contributed by atoms with Crippen LogP contribution in [0.2, 0.25) is 0 Å². The Labute approximate surface area is 367 Å². The molecule has 0 aliphatic carbocycles. The van der Waals surface area contributed by atoms with E-state index in [-0.39, 0.29) is 0 Å². The summed E-state index contributed by atoms with van der Waals surface area (Å²) < 4.78 is 11.9. The van der Waals surface area contributed by atoms with Crippen LogP contribution in [0.3, 0.4) is 0 Å². The molecule has 63 heavy (non-hydrogen) atoms. The lowest BCUT2D eigenvalue weighted by Crippen LogP contribution is -2.11. The summed E-state index contributed by atoms with van der Waals surface area (Å²) >= 11 is 3.63. The Bertz CT molecular complexity index is 4140. The van der Waals surface area contributed by atoms with Crippen molar-refractivity contribution in [3.8, 4) is 23.1 Å². The minimum absolute atomic E-state index is 0.402.